The Balaban J connectivity index is 0.00000146. The van der Waals surface area contributed by atoms with Crippen molar-refractivity contribution in [2.75, 3.05) is 4.90 Å². The summed E-state index contributed by atoms with van der Waals surface area (Å²) in [5.41, 5.74) is 7.50. The van der Waals surface area contributed by atoms with Gasteiger partial charge in [0.2, 0.25) is 0 Å². The minimum Gasteiger partial charge on any atom is -0.503 e. The average Bonchev–Trinajstić information content (AvgIpc) is 3.08. The molecule has 2 aliphatic heterocycles. The number of hydrogen-bond acceptors (Lipinski definition) is 2. The van der Waals surface area contributed by atoms with E-state index in [-0.39, 0.29) is 20.1 Å². The molecule has 0 unspecified atom stereocenters. The number of fused-ring (bicyclic) bond motifs is 6. The van der Waals surface area contributed by atoms with Crippen molar-refractivity contribution in [1.82, 2.24) is 0 Å². The van der Waals surface area contributed by atoms with Crippen LogP contribution in [0.2, 0.25) is 0 Å². The standard InChI is InChI=1S/C21H13NS.Ir/c1-2-8-15(9-3-1)21-20-18-12-5-4-10-16(18)17-11-6-7-13-19(17)22(20)14-23-21;/h1-12,14H;/q-2;. The summed E-state index contributed by atoms with van der Waals surface area (Å²) >= 11 is 1.79. The van der Waals surface area contributed by atoms with E-state index in [2.05, 4.69) is 83.6 Å². The summed E-state index contributed by atoms with van der Waals surface area (Å²) in [4.78, 5) is 3.59. The van der Waals surface area contributed by atoms with Gasteiger partial charge in [0, 0.05) is 30.7 Å². The van der Waals surface area contributed by atoms with Crippen LogP contribution in [0.4, 0.5) is 5.69 Å². The zero-order valence-corrected chi connectivity index (χ0v) is 15.9. The van der Waals surface area contributed by atoms with Gasteiger partial charge in [0.15, 0.2) is 0 Å². The van der Waals surface area contributed by atoms with Crippen molar-refractivity contribution in [1.29, 1.82) is 0 Å². The molecule has 3 heteroatoms. The van der Waals surface area contributed by atoms with E-state index in [0.29, 0.717) is 0 Å². The molecule has 119 valence electrons. The van der Waals surface area contributed by atoms with E-state index in [0.717, 1.165) is 5.69 Å². The number of anilines is 1. The second-order valence-corrected chi connectivity index (χ2v) is 6.47. The quantitative estimate of drug-likeness (QED) is 0.394. The molecule has 1 nitrogen and oxygen atoms in total. The molecule has 2 heterocycles. The number of nitrogens with zero attached hydrogens (tertiary/aromatic N) is 1. The number of rotatable bonds is 1. The molecular formula is C21H13IrNS-2. The first-order chi connectivity index (χ1) is 11.4. The van der Waals surface area contributed by atoms with Crippen molar-refractivity contribution in [3.63, 3.8) is 0 Å². The third kappa shape index (κ3) is 2.28. The Morgan fingerprint density at radius 3 is 2.33 bits per heavy atom. The molecule has 24 heavy (non-hydrogen) atoms. The maximum atomic E-state index is 3.42. The second-order valence-electron chi connectivity index (χ2n) is 5.62. The summed E-state index contributed by atoms with van der Waals surface area (Å²) in [7, 11) is 0. The van der Waals surface area contributed by atoms with Crippen LogP contribution in [0.25, 0.3) is 21.7 Å². The van der Waals surface area contributed by atoms with Gasteiger partial charge in [-0.3, -0.25) is 11.8 Å². The number of hydrogen-bond donors (Lipinski definition) is 0. The van der Waals surface area contributed by atoms with Gasteiger partial charge in [0.25, 0.3) is 0 Å². The molecule has 2 aliphatic rings. The van der Waals surface area contributed by atoms with Crippen LogP contribution < -0.4 is 4.90 Å². The normalized spacial score (nSPS) is 14.6. The Labute approximate surface area is 159 Å². The van der Waals surface area contributed by atoms with Crippen LogP contribution in [0.15, 0.2) is 72.8 Å². The summed E-state index contributed by atoms with van der Waals surface area (Å²) in [6.07, 6.45) is 0. The van der Waals surface area contributed by atoms with E-state index >= 15 is 0 Å². The maximum Gasteiger partial charge on any atom is 0.0293 e. The molecule has 0 aromatic heterocycles. The Kier molecular flexibility index (Phi) is 4.09. The van der Waals surface area contributed by atoms with Crippen LogP contribution in [-0.4, -0.2) is 0 Å². The largest absolute Gasteiger partial charge is 0.503 e. The van der Waals surface area contributed by atoms with Gasteiger partial charge in [-0.25, -0.2) is 0 Å². The Bertz CT molecular complexity index is 933. The number of para-hydroxylation sites is 1. The Morgan fingerprint density at radius 2 is 1.50 bits per heavy atom. The van der Waals surface area contributed by atoms with Crippen molar-refractivity contribution < 1.29 is 20.1 Å². The fraction of sp³-hybridized carbons (Fsp3) is 0. The fourth-order valence-corrected chi connectivity index (χ4v) is 4.32. The fourth-order valence-electron chi connectivity index (χ4n) is 3.30. The van der Waals surface area contributed by atoms with Crippen LogP contribution in [0.3, 0.4) is 0 Å². The van der Waals surface area contributed by atoms with Gasteiger partial charge in [-0.05, 0) is 11.1 Å². The van der Waals surface area contributed by atoms with Gasteiger partial charge in [-0.15, -0.1) is 5.56 Å². The van der Waals surface area contributed by atoms with Crippen LogP contribution in [0, 0.1) is 11.9 Å². The summed E-state index contributed by atoms with van der Waals surface area (Å²) in [5.74, 6) is 2.20. The van der Waals surface area contributed by atoms with E-state index in [1.807, 2.05) is 6.07 Å². The predicted molar refractivity (Wildman–Crippen MR) is 98.3 cm³/mol. The molecule has 0 saturated heterocycles. The second kappa shape index (κ2) is 6.25. The molecule has 5 rings (SSSR count). The minimum absolute atomic E-state index is 0. The van der Waals surface area contributed by atoms with Crippen molar-refractivity contribution in [3.05, 3.63) is 95.9 Å². The van der Waals surface area contributed by atoms with Crippen LogP contribution in [-0.2, 0) is 20.1 Å². The first-order valence-corrected chi connectivity index (χ1v) is 8.51. The molecule has 0 saturated carbocycles. The van der Waals surface area contributed by atoms with E-state index in [9.17, 15) is 0 Å². The first-order valence-electron chi connectivity index (χ1n) is 7.63. The summed E-state index contributed by atoms with van der Waals surface area (Å²) in [6.45, 7) is 0. The molecule has 0 atom stereocenters. The summed E-state index contributed by atoms with van der Waals surface area (Å²) in [6, 6.07) is 28.9. The van der Waals surface area contributed by atoms with Crippen LogP contribution in [0.1, 0.15) is 11.1 Å². The Hall–Kier alpha value is -1.80. The third-order valence-electron chi connectivity index (χ3n) is 4.32. The molecule has 1 radical (unpaired) electrons. The van der Waals surface area contributed by atoms with Crippen molar-refractivity contribution >= 4 is 28.1 Å². The molecular weight excluding hydrogens is 491 g/mol. The topological polar surface area (TPSA) is 3.24 Å². The van der Waals surface area contributed by atoms with Crippen LogP contribution >= 0.6 is 11.8 Å². The first kappa shape index (κ1) is 15.7. The van der Waals surface area contributed by atoms with Gasteiger partial charge >= 0.3 is 0 Å². The summed E-state index contributed by atoms with van der Waals surface area (Å²) < 4.78 is 0. The summed E-state index contributed by atoms with van der Waals surface area (Å²) in [5, 5.41) is 0. The SMILES string of the molecule is [Ir].[c-]1cccc2c1N1[CH-]SC(c3ccccc3)=C1c1ccccc1-2. The average molecular weight is 504 g/mol. The van der Waals surface area contributed by atoms with Crippen molar-refractivity contribution in [3.8, 4) is 11.1 Å². The monoisotopic (exact) mass is 504 g/mol. The predicted octanol–water partition coefficient (Wildman–Crippen LogP) is 5.66. The van der Waals surface area contributed by atoms with Gasteiger partial charge in [-0.2, -0.15) is 30.1 Å². The van der Waals surface area contributed by atoms with Gasteiger partial charge in [-0.1, -0.05) is 65.8 Å². The molecule has 0 aliphatic carbocycles. The zero-order chi connectivity index (χ0) is 15.2. The molecule has 3 aromatic carbocycles. The van der Waals surface area contributed by atoms with E-state index < -0.39 is 0 Å². The smallest absolute Gasteiger partial charge is 0.0293 e. The van der Waals surface area contributed by atoms with Crippen LogP contribution in [0.5, 0.6) is 0 Å². The molecule has 0 spiro atoms. The molecule has 3 aromatic rings. The van der Waals surface area contributed by atoms with Gasteiger partial charge in [0.05, 0.1) is 0 Å². The van der Waals surface area contributed by atoms with E-state index in [1.165, 1.54) is 32.9 Å². The van der Waals surface area contributed by atoms with E-state index in [1.54, 1.807) is 11.8 Å². The van der Waals surface area contributed by atoms with Gasteiger partial charge < -0.3 is 4.90 Å². The molecule has 0 fully saturated rings. The Morgan fingerprint density at radius 1 is 0.792 bits per heavy atom. The molecule has 0 amide bonds. The van der Waals surface area contributed by atoms with Crippen molar-refractivity contribution in [2.45, 2.75) is 0 Å². The third-order valence-corrected chi connectivity index (χ3v) is 5.30. The maximum absolute atomic E-state index is 3.42. The minimum atomic E-state index is 0. The van der Waals surface area contributed by atoms with Crippen molar-refractivity contribution in [2.24, 2.45) is 0 Å². The molecule has 0 bridgehead atoms. The molecule has 0 N–H and O–H groups in total. The number of benzene rings is 3. The number of thioether (sulfide) groups is 1. The van der Waals surface area contributed by atoms with Gasteiger partial charge in [0.1, 0.15) is 0 Å². The zero-order valence-electron chi connectivity index (χ0n) is 12.7. The van der Waals surface area contributed by atoms with E-state index in [4.69, 9.17) is 0 Å².